The number of benzene rings is 5. The third-order valence-electron chi connectivity index (χ3n) is 6.73. The fraction of sp³-hybridized carbons (Fsp3) is 0. The first-order valence-electron chi connectivity index (χ1n) is 12.9. The number of rotatable bonds is 5. The highest BCUT2D eigenvalue weighted by Gasteiger charge is 2.12. The summed E-state index contributed by atoms with van der Waals surface area (Å²) in [7, 11) is 0. The van der Waals surface area contributed by atoms with E-state index < -0.39 is 0 Å². The molecule has 0 N–H and O–H groups in total. The lowest BCUT2D eigenvalue weighted by atomic mass is 10.0. The molecule has 3 nitrogen and oxygen atoms in total. The Morgan fingerprint density at radius 3 is 1.56 bits per heavy atom. The van der Waals surface area contributed by atoms with Crippen LogP contribution in [0.15, 0.2) is 140 Å². The summed E-state index contributed by atoms with van der Waals surface area (Å²) in [5.74, 6) is 0.707. The van der Waals surface area contributed by atoms with Crippen LogP contribution in [0.5, 0.6) is 0 Å². The van der Waals surface area contributed by atoms with Crippen molar-refractivity contribution in [1.82, 2.24) is 15.0 Å². The van der Waals surface area contributed by atoms with Crippen LogP contribution in [0.4, 0.5) is 0 Å². The maximum Gasteiger partial charge on any atom is 0.160 e. The Hall–Kier alpha value is -4.93. The van der Waals surface area contributed by atoms with Crippen LogP contribution in [0, 0.1) is 0 Å². The highest BCUT2D eigenvalue weighted by Crippen LogP contribution is 2.34. The van der Waals surface area contributed by atoms with Crippen molar-refractivity contribution in [3.05, 3.63) is 140 Å². The fourth-order valence-electron chi connectivity index (χ4n) is 4.74. The molecule has 0 saturated carbocycles. The van der Waals surface area contributed by atoms with Gasteiger partial charge in [-0.1, -0.05) is 115 Å². The van der Waals surface area contributed by atoms with Crippen LogP contribution >= 0.6 is 11.3 Å². The number of aromatic nitrogens is 3. The first-order chi connectivity index (χ1) is 19.3. The fourth-order valence-corrected chi connectivity index (χ4v) is 5.69. The molecular formula is C35H23N3S. The van der Waals surface area contributed by atoms with Gasteiger partial charge in [-0.25, -0.2) is 15.0 Å². The number of hydrogen-bond acceptors (Lipinski definition) is 4. The monoisotopic (exact) mass is 517 g/mol. The Bertz CT molecular complexity index is 1840. The quantitative estimate of drug-likeness (QED) is 0.228. The van der Waals surface area contributed by atoms with E-state index in [1.165, 1.54) is 4.70 Å². The summed E-state index contributed by atoms with van der Waals surface area (Å²) in [6.07, 6.45) is 0. The van der Waals surface area contributed by atoms with Crippen LogP contribution in [-0.4, -0.2) is 15.0 Å². The highest BCUT2D eigenvalue weighted by molar-refractivity contribution is 7.21. The smallest absolute Gasteiger partial charge is 0.160 e. The van der Waals surface area contributed by atoms with E-state index in [0.717, 1.165) is 55.3 Å². The molecule has 0 saturated heterocycles. The third kappa shape index (κ3) is 4.74. The minimum Gasteiger partial charge on any atom is -0.236 e. The number of hydrogen-bond donors (Lipinski definition) is 0. The number of thiazole rings is 1. The van der Waals surface area contributed by atoms with Crippen LogP contribution in [0.3, 0.4) is 0 Å². The van der Waals surface area contributed by atoms with E-state index in [2.05, 4.69) is 97.1 Å². The van der Waals surface area contributed by atoms with Gasteiger partial charge in [0.1, 0.15) is 5.01 Å². The van der Waals surface area contributed by atoms with E-state index >= 15 is 0 Å². The van der Waals surface area contributed by atoms with Crippen molar-refractivity contribution >= 4 is 21.6 Å². The standard InChI is InChI=1S/C35H23N3S/c1-4-11-24(12-5-1)30-23-31(25-13-6-2-7-14-25)37-34(36-30)29-18-10-17-27(21-29)28-19-20-33-32(22-28)38-35(39-33)26-15-8-3-9-16-26/h1-23H. The lowest BCUT2D eigenvalue weighted by Gasteiger charge is -2.10. The van der Waals surface area contributed by atoms with Gasteiger partial charge < -0.3 is 0 Å². The Balaban J connectivity index is 1.31. The van der Waals surface area contributed by atoms with Crippen LogP contribution in [0.1, 0.15) is 0 Å². The van der Waals surface area contributed by atoms with Gasteiger partial charge in [-0.15, -0.1) is 11.3 Å². The maximum absolute atomic E-state index is 5.00. The average molecular weight is 518 g/mol. The van der Waals surface area contributed by atoms with Gasteiger partial charge in [-0.05, 0) is 35.4 Å². The van der Waals surface area contributed by atoms with Crippen molar-refractivity contribution in [3.8, 4) is 55.6 Å². The van der Waals surface area contributed by atoms with Crippen molar-refractivity contribution in [2.75, 3.05) is 0 Å². The van der Waals surface area contributed by atoms with Gasteiger partial charge in [-0.3, -0.25) is 0 Å². The zero-order chi connectivity index (χ0) is 26.0. The van der Waals surface area contributed by atoms with Gasteiger partial charge in [0.2, 0.25) is 0 Å². The predicted molar refractivity (Wildman–Crippen MR) is 162 cm³/mol. The van der Waals surface area contributed by atoms with E-state index in [4.69, 9.17) is 15.0 Å². The van der Waals surface area contributed by atoms with Crippen LogP contribution in [0.25, 0.3) is 65.8 Å². The predicted octanol–water partition coefficient (Wildman–Crippen LogP) is 9.42. The summed E-state index contributed by atoms with van der Waals surface area (Å²) in [5.41, 5.74) is 9.31. The third-order valence-corrected chi connectivity index (χ3v) is 7.81. The van der Waals surface area contributed by atoms with Crippen molar-refractivity contribution < 1.29 is 0 Å². The average Bonchev–Trinajstić information content (AvgIpc) is 3.46. The van der Waals surface area contributed by atoms with E-state index in [-0.39, 0.29) is 0 Å². The molecule has 0 fully saturated rings. The Morgan fingerprint density at radius 2 is 0.923 bits per heavy atom. The molecule has 0 amide bonds. The Labute approximate surface area is 231 Å². The molecule has 39 heavy (non-hydrogen) atoms. The molecule has 5 aromatic carbocycles. The van der Waals surface area contributed by atoms with E-state index in [0.29, 0.717) is 5.82 Å². The molecule has 0 aliphatic heterocycles. The molecule has 184 valence electrons. The molecule has 0 aliphatic rings. The van der Waals surface area contributed by atoms with Crippen molar-refractivity contribution in [2.45, 2.75) is 0 Å². The van der Waals surface area contributed by atoms with Crippen LogP contribution in [-0.2, 0) is 0 Å². The highest BCUT2D eigenvalue weighted by atomic mass is 32.1. The normalized spacial score (nSPS) is 11.1. The lowest BCUT2D eigenvalue weighted by molar-refractivity contribution is 1.18. The number of fused-ring (bicyclic) bond motifs is 1. The molecule has 0 aliphatic carbocycles. The molecule has 7 aromatic rings. The molecule has 4 heteroatoms. The summed E-state index contributed by atoms with van der Waals surface area (Å²) < 4.78 is 1.18. The molecule has 7 rings (SSSR count). The van der Waals surface area contributed by atoms with Gasteiger partial charge in [-0.2, -0.15) is 0 Å². The maximum atomic E-state index is 5.00. The Kier molecular flexibility index (Phi) is 6.00. The van der Waals surface area contributed by atoms with Crippen molar-refractivity contribution in [3.63, 3.8) is 0 Å². The molecule has 0 unspecified atom stereocenters. The minimum atomic E-state index is 0.707. The molecular weight excluding hydrogens is 494 g/mol. The van der Waals surface area contributed by atoms with Crippen molar-refractivity contribution in [2.24, 2.45) is 0 Å². The molecule has 0 radical (unpaired) electrons. The first-order valence-corrected chi connectivity index (χ1v) is 13.7. The van der Waals surface area contributed by atoms with Gasteiger partial charge in [0.25, 0.3) is 0 Å². The van der Waals surface area contributed by atoms with E-state index in [1.54, 1.807) is 11.3 Å². The topological polar surface area (TPSA) is 38.7 Å². The van der Waals surface area contributed by atoms with E-state index in [9.17, 15) is 0 Å². The molecule has 0 atom stereocenters. The zero-order valence-corrected chi connectivity index (χ0v) is 21.8. The Morgan fingerprint density at radius 1 is 0.385 bits per heavy atom. The van der Waals surface area contributed by atoms with Crippen molar-refractivity contribution in [1.29, 1.82) is 0 Å². The zero-order valence-electron chi connectivity index (χ0n) is 21.0. The summed E-state index contributed by atoms with van der Waals surface area (Å²) in [4.78, 5) is 14.9. The van der Waals surface area contributed by atoms with E-state index in [1.807, 2.05) is 42.5 Å². The first kappa shape index (κ1) is 23.2. The second-order valence-electron chi connectivity index (χ2n) is 9.34. The second-order valence-corrected chi connectivity index (χ2v) is 10.4. The van der Waals surface area contributed by atoms with Crippen LogP contribution in [0.2, 0.25) is 0 Å². The van der Waals surface area contributed by atoms with Gasteiger partial charge >= 0.3 is 0 Å². The molecule has 0 spiro atoms. The molecule has 2 heterocycles. The largest absolute Gasteiger partial charge is 0.236 e. The lowest BCUT2D eigenvalue weighted by Crippen LogP contribution is -1.96. The minimum absolute atomic E-state index is 0.707. The van der Waals surface area contributed by atoms with Gasteiger partial charge in [0.15, 0.2) is 5.82 Å². The SMILES string of the molecule is c1ccc(-c2cc(-c3ccccc3)nc(-c3cccc(-c4ccc5sc(-c6ccccc6)nc5c4)c3)n2)cc1. The summed E-state index contributed by atoms with van der Waals surface area (Å²) in [6.45, 7) is 0. The number of nitrogens with zero attached hydrogens (tertiary/aromatic N) is 3. The van der Waals surface area contributed by atoms with Gasteiger partial charge in [0, 0.05) is 22.3 Å². The summed E-state index contributed by atoms with van der Waals surface area (Å²) >= 11 is 1.72. The van der Waals surface area contributed by atoms with Crippen LogP contribution < -0.4 is 0 Å². The molecule has 2 aromatic heterocycles. The molecule has 0 bridgehead atoms. The second kappa shape index (κ2) is 10.1. The summed E-state index contributed by atoms with van der Waals surface area (Å²) in [6, 6.07) is 47.9. The summed E-state index contributed by atoms with van der Waals surface area (Å²) in [5, 5.41) is 1.04. The van der Waals surface area contributed by atoms with Gasteiger partial charge in [0.05, 0.1) is 21.6 Å².